The first-order chi connectivity index (χ1) is 4.91. The lowest BCUT2D eigenvalue weighted by atomic mass is 10.3. The van der Waals surface area contributed by atoms with Crippen molar-refractivity contribution >= 4 is 6.21 Å². The maximum Gasteiger partial charge on any atom is 0.0360 e. The molecule has 0 radical (unpaired) electrons. The van der Waals surface area contributed by atoms with Gasteiger partial charge >= 0.3 is 0 Å². The van der Waals surface area contributed by atoms with Crippen molar-refractivity contribution in [1.82, 2.24) is 0 Å². The highest BCUT2D eigenvalue weighted by atomic mass is 14.7. The standard InChI is InChI=1S/C9H15N/c1-3-5-6-7-8-9-10-4-2/h3,5,7-9H,4,6H2,1-2H3/b5-3-,8-7-,10-9?. The van der Waals surface area contributed by atoms with Crippen LogP contribution in [0.15, 0.2) is 29.3 Å². The molecule has 0 saturated heterocycles. The van der Waals surface area contributed by atoms with Crippen LogP contribution in [0, 0.1) is 0 Å². The molecule has 56 valence electrons. The van der Waals surface area contributed by atoms with Crippen LogP contribution in [0.2, 0.25) is 0 Å². The van der Waals surface area contributed by atoms with E-state index in [1.165, 1.54) is 0 Å². The van der Waals surface area contributed by atoms with Crippen LogP contribution in [0.4, 0.5) is 0 Å². The van der Waals surface area contributed by atoms with Crippen molar-refractivity contribution in [1.29, 1.82) is 0 Å². The molecule has 0 aromatic rings. The van der Waals surface area contributed by atoms with E-state index in [0.717, 1.165) is 13.0 Å². The predicted octanol–water partition coefficient (Wildman–Crippen LogP) is 2.60. The number of nitrogens with zero attached hydrogens (tertiary/aromatic N) is 1. The molecule has 10 heavy (non-hydrogen) atoms. The summed E-state index contributed by atoms with van der Waals surface area (Å²) in [7, 11) is 0. The Kier molecular flexibility index (Phi) is 7.46. The second-order valence-electron chi connectivity index (χ2n) is 1.88. The molecule has 0 aromatic heterocycles. The third-order valence-corrected chi connectivity index (χ3v) is 1.02. The molecule has 0 fully saturated rings. The third kappa shape index (κ3) is 7.15. The lowest BCUT2D eigenvalue weighted by Crippen LogP contribution is -1.68. The lowest BCUT2D eigenvalue weighted by molar-refractivity contribution is 1.14. The summed E-state index contributed by atoms with van der Waals surface area (Å²) in [5.74, 6) is 0. The zero-order valence-corrected chi connectivity index (χ0v) is 6.75. The van der Waals surface area contributed by atoms with Gasteiger partial charge in [0, 0.05) is 12.8 Å². The van der Waals surface area contributed by atoms with E-state index in [9.17, 15) is 0 Å². The molecule has 0 saturated carbocycles. The Morgan fingerprint density at radius 1 is 1.30 bits per heavy atom. The fourth-order valence-electron chi connectivity index (χ4n) is 0.520. The van der Waals surface area contributed by atoms with Gasteiger partial charge in [-0.15, -0.1) is 0 Å². The minimum atomic E-state index is 0.869. The lowest BCUT2D eigenvalue weighted by Gasteiger charge is -1.77. The zero-order chi connectivity index (χ0) is 7.66. The van der Waals surface area contributed by atoms with Crippen LogP contribution >= 0.6 is 0 Å². The van der Waals surface area contributed by atoms with Crippen LogP contribution in [0.5, 0.6) is 0 Å². The van der Waals surface area contributed by atoms with Crippen LogP contribution in [-0.4, -0.2) is 12.8 Å². The van der Waals surface area contributed by atoms with Gasteiger partial charge in [0.2, 0.25) is 0 Å². The van der Waals surface area contributed by atoms with Gasteiger partial charge in [0.05, 0.1) is 0 Å². The third-order valence-electron chi connectivity index (χ3n) is 1.02. The van der Waals surface area contributed by atoms with Gasteiger partial charge < -0.3 is 0 Å². The second-order valence-corrected chi connectivity index (χ2v) is 1.88. The number of hydrogen-bond donors (Lipinski definition) is 0. The summed E-state index contributed by atoms with van der Waals surface area (Å²) < 4.78 is 0. The zero-order valence-electron chi connectivity index (χ0n) is 6.75. The fourth-order valence-corrected chi connectivity index (χ4v) is 0.520. The maximum absolute atomic E-state index is 4.03. The van der Waals surface area contributed by atoms with Gasteiger partial charge in [0.15, 0.2) is 0 Å². The van der Waals surface area contributed by atoms with Gasteiger partial charge in [0.25, 0.3) is 0 Å². The summed E-state index contributed by atoms with van der Waals surface area (Å²) >= 11 is 0. The fraction of sp³-hybridized carbons (Fsp3) is 0.444. The van der Waals surface area contributed by atoms with E-state index in [1.54, 1.807) is 0 Å². The van der Waals surface area contributed by atoms with Gasteiger partial charge in [-0.05, 0) is 26.3 Å². The molecule has 0 aliphatic carbocycles. The van der Waals surface area contributed by atoms with Crippen LogP contribution < -0.4 is 0 Å². The van der Waals surface area contributed by atoms with Crippen molar-refractivity contribution in [3.63, 3.8) is 0 Å². The molecule has 0 atom stereocenters. The second kappa shape index (κ2) is 8.15. The first-order valence-electron chi connectivity index (χ1n) is 3.68. The average Bonchev–Trinajstić information content (AvgIpc) is 1.97. The minimum absolute atomic E-state index is 0.869. The van der Waals surface area contributed by atoms with E-state index in [0.29, 0.717) is 0 Å². The number of aliphatic imine (C=N–C) groups is 1. The first-order valence-corrected chi connectivity index (χ1v) is 3.68. The van der Waals surface area contributed by atoms with Gasteiger partial charge in [0.1, 0.15) is 0 Å². The van der Waals surface area contributed by atoms with Crippen molar-refractivity contribution in [3.8, 4) is 0 Å². The molecule has 0 N–H and O–H groups in total. The summed E-state index contributed by atoms with van der Waals surface area (Å²) in [5.41, 5.74) is 0. The smallest absolute Gasteiger partial charge is 0.0360 e. The Balaban J connectivity index is 3.28. The molecule has 0 aliphatic heterocycles. The first kappa shape index (κ1) is 9.15. The van der Waals surface area contributed by atoms with E-state index in [-0.39, 0.29) is 0 Å². The summed E-state index contributed by atoms with van der Waals surface area (Å²) in [6.45, 7) is 4.91. The summed E-state index contributed by atoms with van der Waals surface area (Å²) in [4.78, 5) is 4.03. The molecule has 0 aromatic carbocycles. The van der Waals surface area contributed by atoms with E-state index < -0.39 is 0 Å². The highest BCUT2D eigenvalue weighted by Crippen LogP contribution is 1.83. The highest BCUT2D eigenvalue weighted by molar-refractivity contribution is 5.70. The van der Waals surface area contributed by atoms with E-state index >= 15 is 0 Å². The van der Waals surface area contributed by atoms with E-state index in [1.807, 2.05) is 32.2 Å². The summed E-state index contributed by atoms with van der Waals surface area (Å²) in [6.07, 6.45) is 11.1. The van der Waals surface area contributed by atoms with Gasteiger partial charge in [-0.1, -0.05) is 18.2 Å². The van der Waals surface area contributed by atoms with Gasteiger partial charge in [-0.2, -0.15) is 0 Å². The van der Waals surface area contributed by atoms with Crippen molar-refractivity contribution in [2.45, 2.75) is 20.3 Å². The number of hydrogen-bond acceptors (Lipinski definition) is 1. The molecule has 0 heterocycles. The van der Waals surface area contributed by atoms with Crippen molar-refractivity contribution < 1.29 is 0 Å². The minimum Gasteiger partial charge on any atom is -0.293 e. The number of allylic oxidation sites excluding steroid dienone is 4. The molecule has 0 amide bonds. The predicted molar refractivity (Wildman–Crippen MR) is 47.6 cm³/mol. The normalized spacial score (nSPS) is 12.6. The highest BCUT2D eigenvalue weighted by Gasteiger charge is 1.66. The van der Waals surface area contributed by atoms with Crippen molar-refractivity contribution in [3.05, 3.63) is 24.3 Å². The Labute approximate surface area is 63.2 Å². The van der Waals surface area contributed by atoms with Crippen LogP contribution in [0.1, 0.15) is 20.3 Å². The molecule has 1 heteroatoms. The topological polar surface area (TPSA) is 12.4 Å². The van der Waals surface area contributed by atoms with E-state index in [2.05, 4.69) is 17.1 Å². The Bertz CT molecular complexity index is 132. The van der Waals surface area contributed by atoms with Gasteiger partial charge in [-0.3, -0.25) is 4.99 Å². The Hall–Kier alpha value is -0.850. The molecule has 0 spiro atoms. The molecular weight excluding hydrogens is 122 g/mol. The molecule has 0 rings (SSSR count). The SMILES string of the molecule is C/C=C\C/C=C\C=NCC. The van der Waals surface area contributed by atoms with Crippen LogP contribution in [-0.2, 0) is 0 Å². The molecule has 1 nitrogen and oxygen atoms in total. The Morgan fingerprint density at radius 2 is 2.10 bits per heavy atom. The molecular formula is C9H15N. The number of rotatable bonds is 4. The summed E-state index contributed by atoms with van der Waals surface area (Å²) in [5, 5.41) is 0. The van der Waals surface area contributed by atoms with Crippen molar-refractivity contribution in [2.75, 3.05) is 6.54 Å². The van der Waals surface area contributed by atoms with Crippen LogP contribution in [0.3, 0.4) is 0 Å². The molecule has 0 bridgehead atoms. The van der Waals surface area contributed by atoms with Gasteiger partial charge in [-0.25, -0.2) is 0 Å². The Morgan fingerprint density at radius 3 is 2.70 bits per heavy atom. The quantitative estimate of drug-likeness (QED) is 0.417. The molecule has 0 unspecified atom stereocenters. The largest absolute Gasteiger partial charge is 0.293 e. The summed E-state index contributed by atoms with van der Waals surface area (Å²) in [6, 6.07) is 0. The van der Waals surface area contributed by atoms with Crippen LogP contribution in [0.25, 0.3) is 0 Å². The van der Waals surface area contributed by atoms with Crippen molar-refractivity contribution in [2.24, 2.45) is 4.99 Å². The average molecular weight is 137 g/mol. The van der Waals surface area contributed by atoms with E-state index in [4.69, 9.17) is 0 Å². The monoisotopic (exact) mass is 137 g/mol. The maximum atomic E-state index is 4.03. The molecule has 0 aliphatic rings.